The van der Waals surface area contributed by atoms with Crippen LogP contribution in [0.1, 0.15) is 23.7 Å². The number of esters is 1. The molecular formula is C19H16N4O6. The molecule has 148 valence electrons. The lowest BCUT2D eigenvalue weighted by Gasteiger charge is -2.14. The number of ether oxygens (including phenoxy) is 1. The van der Waals surface area contributed by atoms with Gasteiger partial charge in [0.05, 0.1) is 16.6 Å². The van der Waals surface area contributed by atoms with E-state index < -0.39 is 28.8 Å². The van der Waals surface area contributed by atoms with Crippen molar-refractivity contribution in [2.45, 2.75) is 19.4 Å². The largest absolute Gasteiger partial charge is 0.449 e. The van der Waals surface area contributed by atoms with Crippen LogP contribution in [0.4, 0.5) is 17.1 Å². The van der Waals surface area contributed by atoms with E-state index in [4.69, 9.17) is 10.00 Å². The minimum atomic E-state index is -1.21. The van der Waals surface area contributed by atoms with E-state index in [9.17, 15) is 24.5 Å². The summed E-state index contributed by atoms with van der Waals surface area (Å²) >= 11 is 0. The Morgan fingerprint density at radius 2 is 1.79 bits per heavy atom. The van der Waals surface area contributed by atoms with Crippen LogP contribution in [0.15, 0.2) is 48.5 Å². The topological polar surface area (TPSA) is 151 Å². The fraction of sp³-hybridized carbons (Fsp3) is 0.158. The van der Waals surface area contributed by atoms with Crippen molar-refractivity contribution < 1.29 is 24.0 Å². The summed E-state index contributed by atoms with van der Waals surface area (Å²) in [7, 11) is 0. The van der Waals surface area contributed by atoms with Crippen molar-refractivity contribution in [1.29, 1.82) is 5.26 Å². The number of nitriles is 1. The number of rotatable bonds is 7. The Hall–Kier alpha value is -4.26. The van der Waals surface area contributed by atoms with E-state index in [1.165, 1.54) is 55.5 Å². The number of carbonyl (C=O) groups excluding carboxylic acids is 3. The summed E-state index contributed by atoms with van der Waals surface area (Å²) in [5.74, 6) is -2.00. The number of anilines is 2. The Labute approximate surface area is 165 Å². The van der Waals surface area contributed by atoms with Gasteiger partial charge in [0.2, 0.25) is 5.91 Å². The van der Waals surface area contributed by atoms with Crippen molar-refractivity contribution in [1.82, 2.24) is 0 Å². The average Bonchev–Trinajstić information content (AvgIpc) is 2.68. The summed E-state index contributed by atoms with van der Waals surface area (Å²) in [6.07, 6.45) is -1.51. The van der Waals surface area contributed by atoms with Crippen LogP contribution in [0.3, 0.4) is 0 Å². The van der Waals surface area contributed by atoms with E-state index in [2.05, 4.69) is 10.6 Å². The first-order valence-corrected chi connectivity index (χ1v) is 8.34. The summed E-state index contributed by atoms with van der Waals surface area (Å²) in [5, 5.41) is 24.3. The van der Waals surface area contributed by atoms with E-state index in [0.717, 1.165) is 0 Å². The zero-order valence-corrected chi connectivity index (χ0v) is 15.2. The number of nitro benzene ring substituents is 1. The normalized spacial score (nSPS) is 10.9. The van der Waals surface area contributed by atoms with Crippen LogP contribution >= 0.6 is 0 Å². The second-order valence-electron chi connectivity index (χ2n) is 5.77. The highest BCUT2D eigenvalue weighted by atomic mass is 16.6. The lowest BCUT2D eigenvalue weighted by molar-refractivity contribution is -0.383. The number of carbonyl (C=O) groups is 3. The van der Waals surface area contributed by atoms with Gasteiger partial charge in [-0.1, -0.05) is 12.1 Å². The molecule has 0 aliphatic rings. The second-order valence-corrected chi connectivity index (χ2v) is 5.77. The highest BCUT2D eigenvalue weighted by molar-refractivity contribution is 5.99. The quantitative estimate of drug-likeness (QED) is 0.414. The second kappa shape index (κ2) is 9.61. The lowest BCUT2D eigenvalue weighted by Crippen LogP contribution is -2.30. The van der Waals surface area contributed by atoms with Crippen molar-refractivity contribution in [3.8, 4) is 6.07 Å². The van der Waals surface area contributed by atoms with E-state index >= 15 is 0 Å². The zero-order valence-electron chi connectivity index (χ0n) is 15.2. The Bertz CT molecular complexity index is 981. The van der Waals surface area contributed by atoms with Crippen LogP contribution in [0, 0.1) is 21.4 Å². The van der Waals surface area contributed by atoms with Crippen molar-refractivity contribution in [2.75, 3.05) is 10.6 Å². The van der Waals surface area contributed by atoms with Gasteiger partial charge in [-0.15, -0.1) is 0 Å². The number of nitrogens with zero attached hydrogens (tertiary/aromatic N) is 2. The molecule has 0 saturated carbocycles. The molecule has 1 atom stereocenters. The van der Waals surface area contributed by atoms with Crippen LogP contribution in [0.25, 0.3) is 0 Å². The molecule has 0 aliphatic heterocycles. The molecule has 2 aromatic rings. The van der Waals surface area contributed by atoms with Gasteiger partial charge in [-0.3, -0.25) is 19.7 Å². The van der Waals surface area contributed by atoms with Gasteiger partial charge < -0.3 is 15.4 Å². The molecule has 0 spiro atoms. The van der Waals surface area contributed by atoms with E-state index in [1.807, 2.05) is 0 Å². The molecule has 0 saturated heterocycles. The maximum atomic E-state index is 12.2. The zero-order chi connectivity index (χ0) is 21.4. The van der Waals surface area contributed by atoms with Gasteiger partial charge in [0.1, 0.15) is 12.1 Å². The lowest BCUT2D eigenvalue weighted by atomic mass is 10.2. The SMILES string of the molecule is C[C@@H](OC(=O)c1ccc(NC(=O)CC#N)cc1)C(=O)Nc1ccccc1[N+](=O)[O-]. The van der Waals surface area contributed by atoms with Crippen molar-refractivity contribution in [3.63, 3.8) is 0 Å². The molecule has 0 heterocycles. The van der Waals surface area contributed by atoms with Gasteiger partial charge in [0.25, 0.3) is 11.6 Å². The summed E-state index contributed by atoms with van der Waals surface area (Å²) in [6, 6.07) is 13.0. The molecule has 29 heavy (non-hydrogen) atoms. The molecular weight excluding hydrogens is 380 g/mol. The third-order valence-electron chi connectivity index (χ3n) is 3.66. The van der Waals surface area contributed by atoms with E-state index in [0.29, 0.717) is 5.69 Å². The van der Waals surface area contributed by atoms with Gasteiger partial charge >= 0.3 is 5.97 Å². The molecule has 2 N–H and O–H groups in total. The fourth-order valence-corrected chi connectivity index (χ4v) is 2.22. The molecule has 10 nitrogen and oxygen atoms in total. The number of nitro groups is 1. The van der Waals surface area contributed by atoms with Crippen LogP contribution in [0.5, 0.6) is 0 Å². The van der Waals surface area contributed by atoms with Gasteiger partial charge in [-0.25, -0.2) is 4.79 Å². The molecule has 0 aliphatic carbocycles. The fourth-order valence-electron chi connectivity index (χ4n) is 2.22. The molecule has 2 aromatic carbocycles. The summed E-state index contributed by atoms with van der Waals surface area (Å²) < 4.78 is 5.08. The predicted octanol–water partition coefficient (Wildman–Crippen LogP) is 2.63. The van der Waals surface area contributed by atoms with E-state index in [1.54, 1.807) is 6.07 Å². The molecule has 0 radical (unpaired) electrons. The Balaban J connectivity index is 1.98. The molecule has 2 amide bonds. The number of nitrogens with one attached hydrogen (secondary N) is 2. The smallest absolute Gasteiger partial charge is 0.338 e. The molecule has 0 unspecified atom stereocenters. The first kappa shape index (κ1) is 21.0. The maximum absolute atomic E-state index is 12.2. The van der Waals surface area contributed by atoms with Gasteiger partial charge in [0, 0.05) is 11.8 Å². The minimum absolute atomic E-state index is 0.0112. The van der Waals surface area contributed by atoms with Crippen molar-refractivity contribution in [3.05, 3.63) is 64.2 Å². The number of para-hydroxylation sites is 2. The van der Waals surface area contributed by atoms with Crippen LogP contribution < -0.4 is 10.6 Å². The maximum Gasteiger partial charge on any atom is 0.338 e. The highest BCUT2D eigenvalue weighted by Gasteiger charge is 2.22. The standard InChI is InChI=1S/C19H16N4O6/c1-12(18(25)22-15-4-2-3-5-16(15)23(27)28)29-19(26)13-6-8-14(9-7-13)21-17(24)10-11-20/h2-9,12H,10H2,1H3,(H,21,24)(H,22,25)/t12-/m1/s1. The highest BCUT2D eigenvalue weighted by Crippen LogP contribution is 2.23. The van der Waals surface area contributed by atoms with Gasteiger partial charge in [-0.05, 0) is 37.3 Å². The van der Waals surface area contributed by atoms with Crippen LogP contribution in [-0.4, -0.2) is 28.8 Å². The first-order valence-electron chi connectivity index (χ1n) is 8.34. The first-order chi connectivity index (χ1) is 13.8. The summed E-state index contributed by atoms with van der Waals surface area (Å²) in [4.78, 5) is 46.1. The Morgan fingerprint density at radius 3 is 2.41 bits per heavy atom. The molecule has 0 fully saturated rings. The van der Waals surface area contributed by atoms with Crippen LogP contribution in [0.2, 0.25) is 0 Å². The third kappa shape index (κ3) is 5.86. The Kier molecular flexibility index (Phi) is 6.97. The number of hydrogen-bond donors (Lipinski definition) is 2. The van der Waals surface area contributed by atoms with E-state index in [-0.39, 0.29) is 23.4 Å². The summed E-state index contributed by atoms with van der Waals surface area (Å²) in [5.41, 5.74) is 0.230. The number of benzene rings is 2. The molecule has 0 aromatic heterocycles. The predicted molar refractivity (Wildman–Crippen MR) is 102 cm³/mol. The average molecular weight is 396 g/mol. The molecule has 0 bridgehead atoms. The van der Waals surface area contributed by atoms with Crippen LogP contribution in [-0.2, 0) is 14.3 Å². The number of hydrogen-bond acceptors (Lipinski definition) is 7. The minimum Gasteiger partial charge on any atom is -0.449 e. The van der Waals surface area contributed by atoms with Gasteiger partial charge in [-0.2, -0.15) is 5.26 Å². The number of amides is 2. The van der Waals surface area contributed by atoms with Gasteiger partial charge in [0.15, 0.2) is 6.10 Å². The van der Waals surface area contributed by atoms with Crippen molar-refractivity contribution >= 4 is 34.8 Å². The summed E-state index contributed by atoms with van der Waals surface area (Å²) in [6.45, 7) is 1.33. The van der Waals surface area contributed by atoms with Crippen molar-refractivity contribution in [2.24, 2.45) is 0 Å². The molecule has 10 heteroatoms. The molecule has 2 rings (SSSR count). The Morgan fingerprint density at radius 1 is 1.14 bits per heavy atom. The monoisotopic (exact) mass is 396 g/mol. The third-order valence-corrected chi connectivity index (χ3v) is 3.66.